The number of carbonyl (C=O) groups is 1. The number of carbonyl (C=O) groups excluding carboxylic acids is 1. The lowest BCUT2D eigenvalue weighted by molar-refractivity contribution is 0.0948. The van der Waals surface area contributed by atoms with Crippen molar-refractivity contribution in [3.63, 3.8) is 0 Å². The molecule has 0 unspecified atom stereocenters. The van der Waals surface area contributed by atoms with Gasteiger partial charge in [0, 0.05) is 12.6 Å². The Morgan fingerprint density at radius 2 is 1.96 bits per heavy atom. The molecule has 2 rings (SSSR count). The quantitative estimate of drug-likeness (QED) is 0.633. The standard InChI is InChI=1S/C15H15F3N4O/c1-2-3-6-19-15(23)11-7-12(21-8-20-11)22-10-5-4-9(16)13(17)14(10)18/h4-5,7-8H,2-3,6H2,1H3,(H,19,23)(H,20,21,22). The summed E-state index contributed by atoms with van der Waals surface area (Å²) in [5.74, 6) is -4.54. The van der Waals surface area contributed by atoms with Gasteiger partial charge in [-0.2, -0.15) is 0 Å². The summed E-state index contributed by atoms with van der Waals surface area (Å²) in [6.45, 7) is 2.51. The van der Waals surface area contributed by atoms with E-state index in [0.29, 0.717) is 6.54 Å². The van der Waals surface area contributed by atoms with Gasteiger partial charge in [-0.05, 0) is 18.6 Å². The third kappa shape index (κ3) is 4.18. The molecule has 0 saturated heterocycles. The van der Waals surface area contributed by atoms with Crippen molar-refractivity contribution in [2.45, 2.75) is 19.8 Å². The molecule has 5 nitrogen and oxygen atoms in total. The van der Waals surface area contributed by atoms with Gasteiger partial charge in [-0.15, -0.1) is 0 Å². The van der Waals surface area contributed by atoms with Crippen molar-refractivity contribution in [2.24, 2.45) is 0 Å². The van der Waals surface area contributed by atoms with Crippen LogP contribution in [-0.2, 0) is 0 Å². The fourth-order valence-electron chi connectivity index (χ4n) is 1.78. The first kappa shape index (κ1) is 16.7. The van der Waals surface area contributed by atoms with E-state index in [4.69, 9.17) is 0 Å². The maximum Gasteiger partial charge on any atom is 0.270 e. The molecular weight excluding hydrogens is 309 g/mol. The SMILES string of the molecule is CCCCNC(=O)c1cc(Nc2ccc(F)c(F)c2F)ncn1. The van der Waals surface area contributed by atoms with Gasteiger partial charge in [0.25, 0.3) is 5.91 Å². The number of hydrogen-bond donors (Lipinski definition) is 2. The van der Waals surface area contributed by atoms with Crippen molar-refractivity contribution in [1.29, 1.82) is 0 Å². The van der Waals surface area contributed by atoms with Crippen LogP contribution in [0.2, 0.25) is 0 Å². The summed E-state index contributed by atoms with van der Waals surface area (Å²) < 4.78 is 39.7. The molecule has 0 aliphatic rings. The van der Waals surface area contributed by atoms with E-state index in [0.717, 1.165) is 31.3 Å². The number of nitrogens with one attached hydrogen (secondary N) is 2. The summed E-state index contributed by atoms with van der Waals surface area (Å²) in [7, 11) is 0. The summed E-state index contributed by atoms with van der Waals surface area (Å²) in [6, 6.07) is 3.12. The first-order chi connectivity index (χ1) is 11.0. The van der Waals surface area contributed by atoms with Crippen LogP contribution in [0.4, 0.5) is 24.7 Å². The zero-order valence-electron chi connectivity index (χ0n) is 12.4. The molecule has 0 aliphatic carbocycles. The van der Waals surface area contributed by atoms with E-state index in [9.17, 15) is 18.0 Å². The molecule has 0 spiro atoms. The van der Waals surface area contributed by atoms with Gasteiger partial charge in [-0.25, -0.2) is 23.1 Å². The molecule has 0 saturated carbocycles. The molecule has 122 valence electrons. The second-order valence-corrected chi connectivity index (χ2v) is 4.75. The minimum atomic E-state index is -1.58. The molecule has 0 bridgehead atoms. The Morgan fingerprint density at radius 1 is 1.17 bits per heavy atom. The van der Waals surface area contributed by atoms with Crippen molar-refractivity contribution in [1.82, 2.24) is 15.3 Å². The number of amides is 1. The molecule has 1 aromatic carbocycles. The first-order valence-corrected chi connectivity index (χ1v) is 7.03. The highest BCUT2D eigenvalue weighted by Gasteiger charge is 2.14. The fourth-order valence-corrected chi connectivity index (χ4v) is 1.78. The molecule has 0 atom stereocenters. The zero-order chi connectivity index (χ0) is 16.8. The topological polar surface area (TPSA) is 66.9 Å². The van der Waals surface area contributed by atoms with Crippen molar-refractivity contribution in [2.75, 3.05) is 11.9 Å². The normalized spacial score (nSPS) is 10.4. The smallest absolute Gasteiger partial charge is 0.270 e. The molecule has 0 aliphatic heterocycles. The van der Waals surface area contributed by atoms with Crippen LogP contribution in [0, 0.1) is 17.5 Å². The number of unbranched alkanes of at least 4 members (excludes halogenated alkanes) is 1. The molecule has 2 N–H and O–H groups in total. The monoisotopic (exact) mass is 324 g/mol. The lowest BCUT2D eigenvalue weighted by atomic mass is 10.2. The van der Waals surface area contributed by atoms with Crippen LogP contribution in [0.25, 0.3) is 0 Å². The summed E-state index contributed by atoms with van der Waals surface area (Å²) in [6.07, 6.45) is 2.89. The first-order valence-electron chi connectivity index (χ1n) is 7.03. The molecule has 8 heteroatoms. The number of halogens is 3. The van der Waals surface area contributed by atoms with Gasteiger partial charge >= 0.3 is 0 Å². The summed E-state index contributed by atoms with van der Waals surface area (Å²) in [5, 5.41) is 5.17. The third-order valence-electron chi connectivity index (χ3n) is 3.01. The predicted molar refractivity (Wildman–Crippen MR) is 78.9 cm³/mol. The van der Waals surface area contributed by atoms with Crippen LogP contribution in [0.3, 0.4) is 0 Å². The highest BCUT2D eigenvalue weighted by atomic mass is 19.2. The second-order valence-electron chi connectivity index (χ2n) is 4.75. The minimum Gasteiger partial charge on any atom is -0.351 e. The Hall–Kier alpha value is -2.64. The number of nitrogens with zero attached hydrogens (tertiary/aromatic N) is 2. The number of anilines is 2. The Labute approximate surface area is 131 Å². The summed E-state index contributed by atoms with van der Waals surface area (Å²) in [5.41, 5.74) is -0.207. The minimum absolute atomic E-state index is 0.0848. The van der Waals surface area contributed by atoms with E-state index in [2.05, 4.69) is 20.6 Å². The maximum atomic E-state index is 13.6. The Morgan fingerprint density at radius 3 is 2.70 bits per heavy atom. The molecular formula is C15H15F3N4O. The van der Waals surface area contributed by atoms with Gasteiger partial charge in [0.1, 0.15) is 17.8 Å². The number of hydrogen-bond acceptors (Lipinski definition) is 4. The van der Waals surface area contributed by atoms with Gasteiger partial charge in [0.2, 0.25) is 0 Å². The van der Waals surface area contributed by atoms with Gasteiger partial charge in [0.05, 0.1) is 5.69 Å². The van der Waals surface area contributed by atoms with Crippen LogP contribution < -0.4 is 10.6 Å². The van der Waals surface area contributed by atoms with Crippen molar-refractivity contribution >= 4 is 17.4 Å². The molecule has 0 radical (unpaired) electrons. The average molecular weight is 324 g/mol. The lowest BCUT2D eigenvalue weighted by Crippen LogP contribution is -2.25. The highest BCUT2D eigenvalue weighted by Crippen LogP contribution is 2.22. The van der Waals surface area contributed by atoms with E-state index < -0.39 is 23.4 Å². The van der Waals surface area contributed by atoms with Crippen molar-refractivity contribution in [3.8, 4) is 0 Å². The average Bonchev–Trinajstić information content (AvgIpc) is 2.56. The van der Waals surface area contributed by atoms with E-state index in [1.165, 1.54) is 6.07 Å². The fraction of sp³-hybridized carbons (Fsp3) is 0.267. The van der Waals surface area contributed by atoms with E-state index in [-0.39, 0.29) is 17.2 Å². The van der Waals surface area contributed by atoms with Crippen molar-refractivity contribution < 1.29 is 18.0 Å². The Kier molecular flexibility index (Phi) is 5.51. The Bertz CT molecular complexity index is 709. The predicted octanol–water partition coefficient (Wildman–Crippen LogP) is 3.17. The van der Waals surface area contributed by atoms with Gasteiger partial charge in [-0.3, -0.25) is 4.79 Å². The Balaban J connectivity index is 2.14. The molecule has 1 aromatic heterocycles. The van der Waals surface area contributed by atoms with E-state index in [1.54, 1.807) is 0 Å². The number of rotatable bonds is 6. The van der Waals surface area contributed by atoms with Crippen LogP contribution in [0.15, 0.2) is 24.5 Å². The zero-order valence-corrected chi connectivity index (χ0v) is 12.4. The summed E-state index contributed by atoms with van der Waals surface area (Å²) in [4.78, 5) is 19.5. The molecule has 1 heterocycles. The third-order valence-corrected chi connectivity index (χ3v) is 3.01. The molecule has 1 amide bonds. The molecule has 23 heavy (non-hydrogen) atoms. The molecule has 0 fully saturated rings. The molecule has 2 aromatic rings. The lowest BCUT2D eigenvalue weighted by Gasteiger charge is -2.09. The van der Waals surface area contributed by atoms with E-state index >= 15 is 0 Å². The van der Waals surface area contributed by atoms with Crippen LogP contribution in [0.1, 0.15) is 30.3 Å². The van der Waals surface area contributed by atoms with Gasteiger partial charge in [-0.1, -0.05) is 13.3 Å². The van der Waals surface area contributed by atoms with E-state index in [1.807, 2.05) is 6.92 Å². The van der Waals surface area contributed by atoms with Gasteiger partial charge < -0.3 is 10.6 Å². The summed E-state index contributed by atoms with van der Waals surface area (Å²) >= 11 is 0. The maximum absolute atomic E-state index is 13.6. The van der Waals surface area contributed by atoms with Crippen LogP contribution >= 0.6 is 0 Å². The highest BCUT2D eigenvalue weighted by molar-refractivity contribution is 5.92. The van der Waals surface area contributed by atoms with Crippen LogP contribution in [-0.4, -0.2) is 22.4 Å². The number of aromatic nitrogens is 2. The van der Waals surface area contributed by atoms with Crippen molar-refractivity contribution in [3.05, 3.63) is 47.7 Å². The van der Waals surface area contributed by atoms with Gasteiger partial charge in [0.15, 0.2) is 17.5 Å². The largest absolute Gasteiger partial charge is 0.351 e. The number of benzene rings is 1. The second kappa shape index (κ2) is 7.57. The van der Waals surface area contributed by atoms with Crippen LogP contribution in [0.5, 0.6) is 0 Å².